The minimum Gasteiger partial charge on any atom is -0.301 e. The van der Waals surface area contributed by atoms with Crippen LogP contribution in [0, 0.1) is 5.41 Å². The number of anilines is 1. The van der Waals surface area contributed by atoms with E-state index in [9.17, 15) is 4.79 Å². The summed E-state index contributed by atoms with van der Waals surface area (Å²) < 4.78 is 0. The summed E-state index contributed by atoms with van der Waals surface area (Å²) in [5.74, 6) is 0.0770. The third-order valence-corrected chi connectivity index (χ3v) is 5.36. The molecule has 106 valence electrons. The molecule has 21 heavy (non-hydrogen) atoms. The summed E-state index contributed by atoms with van der Waals surface area (Å²) in [6.07, 6.45) is 6.71. The molecule has 1 heterocycles. The van der Waals surface area contributed by atoms with Crippen LogP contribution in [0.4, 0.5) is 5.13 Å². The Balaban J connectivity index is 1.59. The van der Waals surface area contributed by atoms with Crippen LogP contribution in [0.3, 0.4) is 0 Å². The molecule has 0 atom stereocenters. The maximum absolute atomic E-state index is 12.4. The summed E-state index contributed by atoms with van der Waals surface area (Å²) in [5, 5.41) is 3.74. The molecule has 1 N–H and O–H groups in total. The van der Waals surface area contributed by atoms with Gasteiger partial charge >= 0.3 is 0 Å². The number of fused-ring (bicyclic) bond motifs is 3. The fourth-order valence-corrected chi connectivity index (χ4v) is 4.01. The van der Waals surface area contributed by atoms with E-state index in [0.29, 0.717) is 0 Å². The second-order valence-electron chi connectivity index (χ2n) is 6.02. The second kappa shape index (κ2) is 4.53. The number of hydrogen-bond donors (Lipinski definition) is 1. The van der Waals surface area contributed by atoms with Gasteiger partial charge in [0.15, 0.2) is 5.13 Å². The quantitative estimate of drug-likeness (QED) is 0.726. The maximum atomic E-state index is 12.4. The Kier molecular flexibility index (Phi) is 2.76. The Morgan fingerprint density at radius 3 is 2.86 bits per heavy atom. The van der Waals surface area contributed by atoms with Crippen molar-refractivity contribution in [2.45, 2.75) is 26.2 Å². The normalized spacial score (nSPS) is 17.6. The van der Waals surface area contributed by atoms with Crippen LogP contribution in [-0.2, 0) is 11.2 Å². The average Bonchev–Trinajstić information content (AvgIpc) is 3.13. The number of thiazole rings is 1. The maximum Gasteiger partial charge on any atom is 0.232 e. The number of nitrogens with zero attached hydrogens (tertiary/aromatic N) is 1. The fourth-order valence-electron chi connectivity index (χ4n) is 3.02. The summed E-state index contributed by atoms with van der Waals surface area (Å²) in [7, 11) is 0. The number of benzene rings is 1. The van der Waals surface area contributed by atoms with E-state index in [0.717, 1.165) is 30.1 Å². The van der Waals surface area contributed by atoms with Gasteiger partial charge in [0, 0.05) is 16.9 Å². The van der Waals surface area contributed by atoms with Crippen molar-refractivity contribution in [3.05, 3.63) is 46.9 Å². The zero-order chi connectivity index (χ0) is 14.4. The molecule has 4 heteroatoms. The molecule has 4 rings (SSSR count). The third-order valence-electron chi connectivity index (χ3n) is 4.39. The van der Waals surface area contributed by atoms with Crippen molar-refractivity contribution >= 4 is 22.4 Å². The van der Waals surface area contributed by atoms with E-state index in [1.807, 2.05) is 13.0 Å². The van der Waals surface area contributed by atoms with Crippen LogP contribution in [0.25, 0.3) is 11.3 Å². The standard InChI is InChI=1S/C17H16N2OS/c1-17(8-4-5-9-17)15(20)19-16-18-14-12-7-3-2-6-11(12)10-13(14)21-16/h2-7H,8-10H2,1H3,(H,18,19,20). The van der Waals surface area contributed by atoms with Gasteiger partial charge < -0.3 is 5.32 Å². The Bertz CT molecular complexity index is 752. The molecule has 1 aromatic carbocycles. The van der Waals surface area contributed by atoms with Gasteiger partial charge in [-0.05, 0) is 18.4 Å². The molecule has 2 aliphatic carbocycles. The topological polar surface area (TPSA) is 42.0 Å². The van der Waals surface area contributed by atoms with Gasteiger partial charge in [0.05, 0.1) is 11.1 Å². The Labute approximate surface area is 127 Å². The van der Waals surface area contributed by atoms with Crippen molar-refractivity contribution in [1.82, 2.24) is 4.98 Å². The van der Waals surface area contributed by atoms with E-state index in [1.165, 1.54) is 16.0 Å². The molecule has 1 amide bonds. The lowest BCUT2D eigenvalue weighted by Gasteiger charge is -2.21. The predicted octanol–water partition coefficient (Wildman–Crippen LogP) is 4.01. The van der Waals surface area contributed by atoms with Crippen LogP contribution in [0.5, 0.6) is 0 Å². The highest BCUT2D eigenvalue weighted by Crippen LogP contribution is 2.41. The summed E-state index contributed by atoms with van der Waals surface area (Å²) in [6, 6.07) is 8.35. The van der Waals surface area contributed by atoms with E-state index >= 15 is 0 Å². The van der Waals surface area contributed by atoms with Crippen LogP contribution in [0.2, 0.25) is 0 Å². The van der Waals surface area contributed by atoms with Gasteiger partial charge in [-0.3, -0.25) is 4.79 Å². The SMILES string of the molecule is CC1(C(=O)Nc2nc3c(s2)Cc2ccccc2-3)CC=CC1. The number of aromatic nitrogens is 1. The summed E-state index contributed by atoms with van der Waals surface area (Å²) in [5.41, 5.74) is 3.27. The lowest BCUT2D eigenvalue weighted by molar-refractivity contribution is -0.124. The molecular weight excluding hydrogens is 280 g/mol. The van der Waals surface area contributed by atoms with E-state index < -0.39 is 0 Å². The highest BCUT2D eigenvalue weighted by atomic mass is 32.1. The molecule has 3 nitrogen and oxygen atoms in total. The number of allylic oxidation sites excluding steroid dienone is 2. The van der Waals surface area contributed by atoms with Gasteiger partial charge in [-0.25, -0.2) is 4.98 Å². The molecule has 0 unspecified atom stereocenters. The highest BCUT2D eigenvalue weighted by Gasteiger charge is 2.34. The van der Waals surface area contributed by atoms with Crippen molar-refractivity contribution in [1.29, 1.82) is 0 Å². The molecule has 1 aromatic heterocycles. The predicted molar refractivity (Wildman–Crippen MR) is 85.5 cm³/mol. The van der Waals surface area contributed by atoms with Crippen LogP contribution < -0.4 is 5.32 Å². The molecular formula is C17H16N2OS. The zero-order valence-electron chi connectivity index (χ0n) is 11.8. The third kappa shape index (κ3) is 2.02. The Hall–Kier alpha value is -1.94. The fraction of sp³-hybridized carbons (Fsp3) is 0.294. The number of rotatable bonds is 2. The van der Waals surface area contributed by atoms with Gasteiger partial charge in [-0.2, -0.15) is 0 Å². The number of nitrogens with one attached hydrogen (secondary N) is 1. The number of amides is 1. The largest absolute Gasteiger partial charge is 0.301 e. The molecule has 0 fully saturated rings. The number of hydrogen-bond acceptors (Lipinski definition) is 3. The van der Waals surface area contributed by atoms with E-state index in [-0.39, 0.29) is 11.3 Å². The first-order valence-electron chi connectivity index (χ1n) is 7.20. The first-order chi connectivity index (χ1) is 10.2. The summed E-state index contributed by atoms with van der Waals surface area (Å²) >= 11 is 1.60. The van der Waals surface area contributed by atoms with E-state index in [4.69, 9.17) is 0 Å². The summed E-state index contributed by atoms with van der Waals surface area (Å²) in [6.45, 7) is 2.01. The molecule has 0 bridgehead atoms. The van der Waals surface area contributed by atoms with Crippen molar-refractivity contribution < 1.29 is 4.79 Å². The van der Waals surface area contributed by atoms with Crippen molar-refractivity contribution in [3.8, 4) is 11.3 Å². The lowest BCUT2D eigenvalue weighted by atomic mass is 9.87. The van der Waals surface area contributed by atoms with Gasteiger partial charge in [0.2, 0.25) is 5.91 Å². The van der Waals surface area contributed by atoms with E-state index in [1.54, 1.807) is 11.3 Å². The smallest absolute Gasteiger partial charge is 0.232 e. The second-order valence-corrected chi connectivity index (χ2v) is 7.10. The van der Waals surface area contributed by atoms with E-state index in [2.05, 4.69) is 40.7 Å². The van der Waals surface area contributed by atoms with Gasteiger partial charge in [0.1, 0.15) is 0 Å². The number of carbonyl (C=O) groups is 1. The first kappa shape index (κ1) is 12.8. The first-order valence-corrected chi connectivity index (χ1v) is 8.02. The highest BCUT2D eigenvalue weighted by molar-refractivity contribution is 7.16. The van der Waals surface area contributed by atoms with Crippen LogP contribution >= 0.6 is 11.3 Å². The van der Waals surface area contributed by atoms with Crippen LogP contribution in [-0.4, -0.2) is 10.9 Å². The molecule has 0 radical (unpaired) electrons. The zero-order valence-corrected chi connectivity index (χ0v) is 12.7. The van der Waals surface area contributed by atoms with Gasteiger partial charge in [-0.15, -0.1) is 11.3 Å². The molecule has 0 spiro atoms. The average molecular weight is 296 g/mol. The van der Waals surface area contributed by atoms with Crippen LogP contribution in [0.1, 0.15) is 30.2 Å². The van der Waals surface area contributed by atoms with Crippen molar-refractivity contribution in [2.24, 2.45) is 5.41 Å². The molecule has 2 aromatic rings. The molecule has 0 saturated heterocycles. The minimum atomic E-state index is -0.311. The van der Waals surface area contributed by atoms with Gasteiger partial charge in [-0.1, -0.05) is 43.3 Å². The number of carbonyl (C=O) groups excluding carboxylic acids is 1. The molecule has 0 saturated carbocycles. The van der Waals surface area contributed by atoms with Crippen molar-refractivity contribution in [2.75, 3.05) is 5.32 Å². The summed E-state index contributed by atoms with van der Waals surface area (Å²) in [4.78, 5) is 18.3. The van der Waals surface area contributed by atoms with Crippen LogP contribution in [0.15, 0.2) is 36.4 Å². The molecule has 0 aliphatic heterocycles. The van der Waals surface area contributed by atoms with Crippen molar-refractivity contribution in [3.63, 3.8) is 0 Å². The van der Waals surface area contributed by atoms with Gasteiger partial charge in [0.25, 0.3) is 0 Å². The minimum absolute atomic E-state index is 0.0770. The monoisotopic (exact) mass is 296 g/mol. The lowest BCUT2D eigenvalue weighted by Crippen LogP contribution is -2.31. The molecule has 2 aliphatic rings. The Morgan fingerprint density at radius 1 is 1.29 bits per heavy atom. The Morgan fingerprint density at radius 2 is 2.05 bits per heavy atom.